The third kappa shape index (κ3) is 2.57. The molecule has 1 aliphatic carbocycles. The van der Waals surface area contributed by atoms with Gasteiger partial charge in [-0.3, -0.25) is 9.59 Å². The highest BCUT2D eigenvalue weighted by molar-refractivity contribution is 6.30. The summed E-state index contributed by atoms with van der Waals surface area (Å²) < 4.78 is 0. The van der Waals surface area contributed by atoms with Crippen LogP contribution in [-0.2, 0) is 10.2 Å². The van der Waals surface area contributed by atoms with E-state index in [4.69, 9.17) is 17.3 Å². The number of hydrogen-bond donors (Lipinski definition) is 2. The van der Waals surface area contributed by atoms with E-state index in [1.165, 1.54) is 0 Å². The molecule has 22 heavy (non-hydrogen) atoms. The molecule has 2 aromatic rings. The summed E-state index contributed by atoms with van der Waals surface area (Å²) in [4.78, 5) is 24.1. The number of hydrogen-bond acceptors (Lipinski definition) is 2. The van der Waals surface area contributed by atoms with Crippen LogP contribution in [0.3, 0.4) is 0 Å². The normalized spacial score (nSPS) is 15.1. The average molecular weight is 315 g/mol. The first kappa shape index (κ1) is 14.6. The standard InChI is InChI=1S/C17H15ClN2O2/c18-12-5-3-4-11(10-12)17(8-9-17)16(22)20-14-7-2-1-6-13(14)15(19)21/h1-7,10H,8-9H2,(H2,19,21)(H,20,22). The van der Waals surface area contributed by atoms with Gasteiger partial charge < -0.3 is 11.1 Å². The summed E-state index contributed by atoms with van der Waals surface area (Å²) in [7, 11) is 0. The van der Waals surface area contributed by atoms with Gasteiger partial charge in [0.2, 0.25) is 5.91 Å². The molecule has 1 fully saturated rings. The van der Waals surface area contributed by atoms with Crippen LogP contribution in [0.4, 0.5) is 5.69 Å². The van der Waals surface area contributed by atoms with Crippen molar-refractivity contribution in [3.8, 4) is 0 Å². The van der Waals surface area contributed by atoms with Gasteiger partial charge in [-0.2, -0.15) is 0 Å². The zero-order valence-corrected chi connectivity index (χ0v) is 12.6. The smallest absolute Gasteiger partial charge is 0.250 e. The Labute approximate surface area is 133 Å². The van der Waals surface area contributed by atoms with Crippen LogP contribution in [0.1, 0.15) is 28.8 Å². The number of rotatable bonds is 4. The summed E-state index contributed by atoms with van der Waals surface area (Å²) in [6.07, 6.45) is 1.52. The molecule has 1 aliphatic rings. The first-order valence-electron chi connectivity index (χ1n) is 6.99. The molecule has 0 aromatic heterocycles. The van der Waals surface area contributed by atoms with E-state index in [2.05, 4.69) is 5.32 Å². The highest BCUT2D eigenvalue weighted by Gasteiger charge is 2.51. The van der Waals surface area contributed by atoms with Crippen molar-refractivity contribution in [3.05, 3.63) is 64.7 Å². The predicted molar refractivity (Wildman–Crippen MR) is 86.0 cm³/mol. The molecule has 5 heteroatoms. The minimum Gasteiger partial charge on any atom is -0.366 e. The van der Waals surface area contributed by atoms with Gasteiger partial charge in [0.15, 0.2) is 0 Å². The van der Waals surface area contributed by atoms with Crippen molar-refractivity contribution in [1.82, 2.24) is 0 Å². The number of primary amides is 1. The predicted octanol–water partition coefficient (Wildman–Crippen LogP) is 3.11. The fourth-order valence-corrected chi connectivity index (χ4v) is 2.80. The van der Waals surface area contributed by atoms with Crippen molar-refractivity contribution in [1.29, 1.82) is 0 Å². The summed E-state index contributed by atoms with van der Waals surface area (Å²) in [5.41, 5.74) is 6.42. The molecule has 0 atom stereocenters. The number of nitrogens with two attached hydrogens (primary N) is 1. The Balaban J connectivity index is 1.88. The number of nitrogens with one attached hydrogen (secondary N) is 1. The van der Waals surface area contributed by atoms with Crippen LogP contribution in [-0.4, -0.2) is 11.8 Å². The van der Waals surface area contributed by atoms with Gasteiger partial charge in [-0.05, 0) is 42.7 Å². The van der Waals surface area contributed by atoms with Crippen LogP contribution in [0.15, 0.2) is 48.5 Å². The number of carbonyl (C=O) groups excluding carboxylic acids is 2. The van der Waals surface area contributed by atoms with E-state index in [0.29, 0.717) is 16.3 Å². The summed E-state index contributed by atoms with van der Waals surface area (Å²) in [6, 6.07) is 14.1. The number of amides is 2. The van der Waals surface area contributed by atoms with Gasteiger partial charge in [0.1, 0.15) is 0 Å². The van der Waals surface area contributed by atoms with E-state index in [9.17, 15) is 9.59 Å². The lowest BCUT2D eigenvalue weighted by molar-refractivity contribution is -0.118. The molecule has 0 heterocycles. The summed E-state index contributed by atoms with van der Waals surface area (Å²) in [6.45, 7) is 0. The highest BCUT2D eigenvalue weighted by atomic mass is 35.5. The number of para-hydroxylation sites is 1. The lowest BCUT2D eigenvalue weighted by Crippen LogP contribution is -2.29. The third-order valence-electron chi connectivity index (χ3n) is 4.00. The maximum Gasteiger partial charge on any atom is 0.250 e. The molecule has 0 saturated heterocycles. The zero-order chi connectivity index (χ0) is 15.7. The second-order valence-corrected chi connectivity index (χ2v) is 5.89. The van der Waals surface area contributed by atoms with Crippen molar-refractivity contribution in [2.45, 2.75) is 18.3 Å². The summed E-state index contributed by atoms with van der Waals surface area (Å²) in [5.74, 6) is -0.702. The van der Waals surface area contributed by atoms with E-state index >= 15 is 0 Å². The first-order valence-corrected chi connectivity index (χ1v) is 7.37. The van der Waals surface area contributed by atoms with Gasteiger partial charge in [0, 0.05) is 5.02 Å². The van der Waals surface area contributed by atoms with Gasteiger partial charge in [0.05, 0.1) is 16.7 Å². The van der Waals surface area contributed by atoms with E-state index in [0.717, 1.165) is 18.4 Å². The van der Waals surface area contributed by atoms with Crippen LogP contribution in [0, 0.1) is 0 Å². The number of anilines is 1. The molecular weight excluding hydrogens is 300 g/mol. The number of halogens is 1. The molecule has 0 unspecified atom stereocenters. The second kappa shape index (κ2) is 5.46. The second-order valence-electron chi connectivity index (χ2n) is 5.46. The van der Waals surface area contributed by atoms with E-state index in [1.54, 1.807) is 30.3 Å². The maximum absolute atomic E-state index is 12.7. The Hall–Kier alpha value is -2.33. The van der Waals surface area contributed by atoms with Crippen LogP contribution in [0.25, 0.3) is 0 Å². The average Bonchev–Trinajstić information content (AvgIpc) is 3.29. The number of carbonyl (C=O) groups is 2. The highest BCUT2D eigenvalue weighted by Crippen LogP contribution is 2.49. The largest absolute Gasteiger partial charge is 0.366 e. The Kier molecular flexibility index (Phi) is 3.62. The zero-order valence-electron chi connectivity index (χ0n) is 11.8. The molecule has 0 bridgehead atoms. The van der Waals surface area contributed by atoms with Gasteiger partial charge in [0.25, 0.3) is 5.91 Å². The molecule has 4 nitrogen and oxygen atoms in total. The maximum atomic E-state index is 12.7. The molecule has 1 saturated carbocycles. The molecule has 3 rings (SSSR count). The minimum absolute atomic E-state index is 0.136. The molecule has 2 aromatic carbocycles. The van der Waals surface area contributed by atoms with Gasteiger partial charge >= 0.3 is 0 Å². The summed E-state index contributed by atoms with van der Waals surface area (Å²) >= 11 is 6.02. The number of benzene rings is 2. The van der Waals surface area contributed by atoms with Gasteiger partial charge in [-0.1, -0.05) is 35.9 Å². The molecule has 0 spiro atoms. The van der Waals surface area contributed by atoms with Crippen LogP contribution >= 0.6 is 11.6 Å². The van der Waals surface area contributed by atoms with Crippen LogP contribution in [0.2, 0.25) is 5.02 Å². The minimum atomic E-state index is -0.566. The summed E-state index contributed by atoms with van der Waals surface area (Å²) in [5, 5.41) is 3.44. The van der Waals surface area contributed by atoms with Crippen molar-refractivity contribution in [2.75, 3.05) is 5.32 Å². The SMILES string of the molecule is NC(=O)c1ccccc1NC(=O)C1(c2cccc(Cl)c2)CC1. The lowest BCUT2D eigenvalue weighted by atomic mass is 9.94. The molecular formula is C17H15ClN2O2. The van der Waals surface area contributed by atoms with Crippen molar-refractivity contribution in [2.24, 2.45) is 5.73 Å². The van der Waals surface area contributed by atoms with Crippen LogP contribution in [0.5, 0.6) is 0 Å². The Morgan fingerprint density at radius 1 is 1.09 bits per heavy atom. The molecule has 3 N–H and O–H groups in total. The quantitative estimate of drug-likeness (QED) is 0.910. The van der Waals surface area contributed by atoms with E-state index < -0.39 is 11.3 Å². The molecule has 0 aliphatic heterocycles. The van der Waals surface area contributed by atoms with Crippen LogP contribution < -0.4 is 11.1 Å². The van der Waals surface area contributed by atoms with Crippen molar-refractivity contribution < 1.29 is 9.59 Å². The first-order chi connectivity index (χ1) is 10.5. The third-order valence-corrected chi connectivity index (χ3v) is 4.24. The topological polar surface area (TPSA) is 72.2 Å². The molecule has 2 amide bonds. The van der Waals surface area contributed by atoms with Gasteiger partial charge in [-0.25, -0.2) is 0 Å². The lowest BCUT2D eigenvalue weighted by Gasteiger charge is -2.17. The molecule has 0 radical (unpaired) electrons. The Morgan fingerprint density at radius 3 is 2.45 bits per heavy atom. The van der Waals surface area contributed by atoms with Gasteiger partial charge in [-0.15, -0.1) is 0 Å². The Morgan fingerprint density at radius 2 is 1.82 bits per heavy atom. The van der Waals surface area contributed by atoms with Crippen molar-refractivity contribution in [3.63, 3.8) is 0 Å². The monoisotopic (exact) mass is 314 g/mol. The fourth-order valence-electron chi connectivity index (χ4n) is 2.61. The van der Waals surface area contributed by atoms with E-state index in [-0.39, 0.29) is 5.91 Å². The van der Waals surface area contributed by atoms with Crippen molar-refractivity contribution >= 4 is 29.1 Å². The molecule has 112 valence electrons. The fraction of sp³-hybridized carbons (Fsp3) is 0.176. The Bertz CT molecular complexity index is 754. The van der Waals surface area contributed by atoms with E-state index in [1.807, 2.05) is 18.2 Å².